The molecule has 3 aromatic rings. The van der Waals surface area contributed by atoms with Crippen molar-refractivity contribution in [2.45, 2.75) is 63.5 Å². The maximum Gasteiger partial charge on any atom is 0.407 e. The van der Waals surface area contributed by atoms with Crippen molar-refractivity contribution in [2.24, 2.45) is 17.8 Å². The second kappa shape index (κ2) is 14.0. The quantitative estimate of drug-likeness (QED) is 0.288. The first-order valence-electron chi connectivity index (χ1n) is 16.8. The average Bonchev–Trinajstić information content (AvgIpc) is 3.72. The molecule has 1 saturated carbocycles. The van der Waals surface area contributed by atoms with Gasteiger partial charge in [-0.3, -0.25) is 0 Å². The summed E-state index contributed by atoms with van der Waals surface area (Å²) in [5.41, 5.74) is 0.352. The number of imidazole rings is 1. The Morgan fingerprint density at radius 3 is 2.60 bits per heavy atom. The van der Waals surface area contributed by atoms with E-state index in [9.17, 15) is 13.6 Å². The van der Waals surface area contributed by atoms with Crippen LogP contribution in [0.5, 0.6) is 0 Å². The summed E-state index contributed by atoms with van der Waals surface area (Å²) in [4.78, 5) is 21.4. The molecule has 6 rings (SSSR count). The summed E-state index contributed by atoms with van der Waals surface area (Å²) < 4.78 is 52.1. The van der Waals surface area contributed by atoms with E-state index in [1.54, 1.807) is 25.2 Å². The number of benzene rings is 2. The molecule has 8 nitrogen and oxygen atoms in total. The predicted molar refractivity (Wildman–Crippen MR) is 172 cm³/mol. The van der Waals surface area contributed by atoms with Gasteiger partial charge in [0.1, 0.15) is 35.4 Å². The van der Waals surface area contributed by atoms with Crippen LogP contribution in [-0.4, -0.2) is 66.4 Å². The van der Waals surface area contributed by atoms with Crippen LogP contribution in [-0.2, 0) is 23.1 Å². The van der Waals surface area contributed by atoms with Gasteiger partial charge >= 0.3 is 6.09 Å². The second-order valence-corrected chi connectivity index (χ2v) is 13.3. The molecule has 3 heterocycles. The lowest BCUT2D eigenvalue weighted by Gasteiger charge is -2.51. The van der Waals surface area contributed by atoms with Gasteiger partial charge in [-0.05, 0) is 74.9 Å². The highest BCUT2D eigenvalue weighted by Crippen LogP contribution is 2.52. The lowest BCUT2D eigenvalue weighted by molar-refractivity contribution is 0.00160. The van der Waals surface area contributed by atoms with Crippen LogP contribution in [0.4, 0.5) is 23.7 Å². The SMILES string of the molecule is CCc1nccn1CC(c1cccc(F)c1)(C1CCN(CC2CN(c3cc(F)c(C#N)cc3F)C2)CC1)C1CCCC1OC(=O)NC. The number of nitrogens with zero attached hydrogens (tertiary/aromatic N) is 5. The number of alkyl carbamates (subject to hydrolysis) is 1. The van der Waals surface area contributed by atoms with Gasteiger partial charge in [0.05, 0.1) is 11.3 Å². The number of likely N-dealkylation sites (tertiary alicyclic amines) is 1. The number of rotatable bonds is 10. The minimum atomic E-state index is -0.705. The van der Waals surface area contributed by atoms with Gasteiger partial charge < -0.3 is 24.4 Å². The van der Waals surface area contributed by atoms with E-state index < -0.39 is 23.1 Å². The minimum absolute atomic E-state index is 0.00633. The number of carbonyl (C=O) groups is 1. The molecule has 1 aliphatic carbocycles. The van der Waals surface area contributed by atoms with Crippen LogP contribution in [0.15, 0.2) is 48.8 Å². The zero-order valence-corrected chi connectivity index (χ0v) is 27.1. The number of nitriles is 1. The third-order valence-corrected chi connectivity index (χ3v) is 10.8. The van der Waals surface area contributed by atoms with Gasteiger partial charge in [-0.1, -0.05) is 19.1 Å². The fourth-order valence-electron chi connectivity index (χ4n) is 8.54. The van der Waals surface area contributed by atoms with Crippen LogP contribution >= 0.6 is 0 Å². The van der Waals surface area contributed by atoms with E-state index in [1.807, 2.05) is 23.4 Å². The number of halogens is 3. The number of nitrogens with one attached hydrogen (secondary N) is 1. The topological polar surface area (TPSA) is 86.4 Å². The zero-order chi connectivity index (χ0) is 33.1. The van der Waals surface area contributed by atoms with Gasteiger partial charge in [0, 0.05) is 75.4 Å². The van der Waals surface area contributed by atoms with Crippen LogP contribution in [0.3, 0.4) is 0 Å². The molecule has 0 bridgehead atoms. The third kappa shape index (κ3) is 6.57. The number of hydrogen-bond donors (Lipinski definition) is 1. The summed E-state index contributed by atoms with van der Waals surface area (Å²) in [6.45, 7) is 6.51. The van der Waals surface area contributed by atoms with E-state index >= 15 is 4.39 Å². The number of ether oxygens (including phenoxy) is 1. The van der Waals surface area contributed by atoms with Gasteiger partial charge in [-0.25, -0.2) is 22.9 Å². The first-order chi connectivity index (χ1) is 22.7. The van der Waals surface area contributed by atoms with E-state index in [-0.39, 0.29) is 35.0 Å². The Balaban J connectivity index is 1.23. The normalized spacial score (nSPS) is 22.0. The standard InChI is InChI=1S/C36H43F3N6O2/c1-3-34-42-12-15-44(34)23-36(27-6-4-7-28(37)17-27,29-8-5-9-33(29)47-35(46)41-2)26-10-13-43(14-11-26)20-24-21-45(22-24)32-18-30(38)25(19-40)16-31(32)39/h4,6-7,12,15-18,24,26,29,33H,3,5,8-11,13-14,20-23H2,1-2H3,(H,41,46). The smallest absolute Gasteiger partial charge is 0.407 e. The molecule has 2 aromatic carbocycles. The summed E-state index contributed by atoms with van der Waals surface area (Å²) in [6.07, 6.45) is 8.21. The molecule has 2 saturated heterocycles. The number of carbonyl (C=O) groups excluding carboxylic acids is 1. The molecule has 0 spiro atoms. The zero-order valence-electron chi connectivity index (χ0n) is 27.1. The molecule has 1 aromatic heterocycles. The summed E-state index contributed by atoms with van der Waals surface area (Å²) >= 11 is 0. The molecule has 3 aliphatic rings. The van der Waals surface area contributed by atoms with Crippen molar-refractivity contribution in [3.63, 3.8) is 0 Å². The molecular weight excluding hydrogens is 605 g/mol. The maximum atomic E-state index is 15.0. The second-order valence-electron chi connectivity index (χ2n) is 13.3. The van der Waals surface area contributed by atoms with Crippen molar-refractivity contribution in [1.29, 1.82) is 5.26 Å². The molecule has 0 radical (unpaired) electrons. The van der Waals surface area contributed by atoms with Crippen LogP contribution in [0, 0.1) is 46.5 Å². The first-order valence-corrected chi connectivity index (χ1v) is 16.8. The molecule has 3 unspecified atom stereocenters. The highest BCUT2D eigenvalue weighted by atomic mass is 19.1. The Labute approximate surface area is 274 Å². The predicted octanol–water partition coefficient (Wildman–Crippen LogP) is 6.05. The van der Waals surface area contributed by atoms with E-state index in [1.165, 1.54) is 6.07 Å². The number of aryl methyl sites for hydroxylation is 1. The fraction of sp³-hybridized carbons (Fsp3) is 0.528. The third-order valence-electron chi connectivity index (χ3n) is 10.8. The molecule has 3 atom stereocenters. The molecule has 250 valence electrons. The summed E-state index contributed by atoms with van der Waals surface area (Å²) in [7, 11) is 1.57. The Kier molecular flexibility index (Phi) is 9.78. The Morgan fingerprint density at radius 1 is 1.11 bits per heavy atom. The lowest BCUT2D eigenvalue weighted by atomic mass is 9.58. The molecule has 11 heteroatoms. The molecule has 3 fully saturated rings. The summed E-state index contributed by atoms with van der Waals surface area (Å²) in [5, 5.41) is 11.6. The van der Waals surface area contributed by atoms with Crippen molar-refractivity contribution < 1.29 is 22.7 Å². The van der Waals surface area contributed by atoms with Gasteiger partial charge in [-0.2, -0.15) is 5.26 Å². The largest absolute Gasteiger partial charge is 0.446 e. The van der Waals surface area contributed by atoms with Crippen molar-refractivity contribution in [1.82, 2.24) is 19.8 Å². The van der Waals surface area contributed by atoms with Gasteiger partial charge in [0.25, 0.3) is 0 Å². The first kappa shape index (κ1) is 32.9. The number of aromatic nitrogens is 2. The van der Waals surface area contributed by atoms with E-state index in [0.717, 1.165) is 81.7 Å². The fourth-order valence-corrected chi connectivity index (χ4v) is 8.54. The van der Waals surface area contributed by atoms with Crippen molar-refractivity contribution in [3.05, 3.63) is 83.2 Å². The van der Waals surface area contributed by atoms with Crippen molar-refractivity contribution in [3.8, 4) is 6.07 Å². The van der Waals surface area contributed by atoms with Gasteiger partial charge in [0.15, 0.2) is 0 Å². The highest BCUT2D eigenvalue weighted by molar-refractivity contribution is 5.67. The highest BCUT2D eigenvalue weighted by Gasteiger charge is 2.53. The van der Waals surface area contributed by atoms with Gasteiger partial charge in [0.2, 0.25) is 0 Å². The number of hydrogen-bond acceptors (Lipinski definition) is 6. The molecule has 47 heavy (non-hydrogen) atoms. The molecule has 1 N–H and O–H groups in total. The van der Waals surface area contributed by atoms with Crippen molar-refractivity contribution >= 4 is 11.8 Å². The molecule has 1 amide bonds. The van der Waals surface area contributed by atoms with Crippen LogP contribution in [0.1, 0.15) is 56.0 Å². The van der Waals surface area contributed by atoms with Crippen molar-refractivity contribution in [2.75, 3.05) is 44.7 Å². The van der Waals surface area contributed by atoms with Crippen LogP contribution in [0.2, 0.25) is 0 Å². The Morgan fingerprint density at radius 2 is 1.89 bits per heavy atom. The average molecular weight is 649 g/mol. The molecule has 2 aliphatic heterocycles. The maximum absolute atomic E-state index is 15.0. The lowest BCUT2D eigenvalue weighted by Crippen LogP contribution is -2.55. The Bertz CT molecular complexity index is 1610. The number of anilines is 1. The van der Waals surface area contributed by atoms with E-state index in [4.69, 9.17) is 10.00 Å². The summed E-state index contributed by atoms with van der Waals surface area (Å²) in [6, 6.07) is 10.8. The number of piperidine rings is 1. The van der Waals surface area contributed by atoms with Gasteiger partial charge in [-0.15, -0.1) is 0 Å². The van der Waals surface area contributed by atoms with Crippen LogP contribution in [0.25, 0.3) is 0 Å². The van der Waals surface area contributed by atoms with E-state index in [0.29, 0.717) is 25.6 Å². The summed E-state index contributed by atoms with van der Waals surface area (Å²) in [5.74, 6) is -0.0864. The van der Waals surface area contributed by atoms with Crippen LogP contribution < -0.4 is 10.2 Å². The Hall–Kier alpha value is -4.04. The minimum Gasteiger partial charge on any atom is -0.446 e. The van der Waals surface area contributed by atoms with E-state index in [2.05, 4.69) is 26.7 Å². The monoisotopic (exact) mass is 648 g/mol. The molecular formula is C36H43F3N6O2. The number of amides is 1.